The molecule has 0 bridgehead atoms. The van der Waals surface area contributed by atoms with E-state index in [0.29, 0.717) is 31.5 Å². The Morgan fingerprint density at radius 2 is 2.12 bits per heavy atom. The summed E-state index contributed by atoms with van der Waals surface area (Å²) in [5, 5.41) is 16.1. The van der Waals surface area contributed by atoms with E-state index in [-0.39, 0.29) is 6.03 Å². The lowest BCUT2D eigenvalue weighted by Crippen LogP contribution is -2.37. The van der Waals surface area contributed by atoms with Crippen LogP contribution in [0, 0.1) is 0 Å². The minimum absolute atomic E-state index is 0.131. The third-order valence-electron chi connectivity index (χ3n) is 1.88. The molecular weight excluding hydrogens is 224 g/mol. The molecule has 17 heavy (non-hydrogen) atoms. The molecule has 96 valence electrons. The lowest BCUT2D eigenvalue weighted by Gasteiger charge is -2.11. The van der Waals surface area contributed by atoms with E-state index in [1.54, 1.807) is 21.1 Å². The predicted octanol–water partition coefficient (Wildman–Crippen LogP) is -0.528. The van der Waals surface area contributed by atoms with Crippen molar-refractivity contribution in [1.82, 2.24) is 25.7 Å². The first kappa shape index (κ1) is 13.2. The zero-order valence-corrected chi connectivity index (χ0v) is 10.3. The predicted molar refractivity (Wildman–Crippen MR) is 62.6 cm³/mol. The quantitative estimate of drug-likeness (QED) is 0.581. The first-order valence-corrected chi connectivity index (χ1v) is 5.29. The average Bonchev–Trinajstić information content (AvgIpc) is 2.72. The third-order valence-corrected chi connectivity index (χ3v) is 1.88. The molecular formula is C9H18N6O2. The number of anilines is 1. The summed E-state index contributed by atoms with van der Waals surface area (Å²) in [6, 6.07) is 0.225. The largest absolute Gasteiger partial charge is 0.407 e. The van der Waals surface area contributed by atoms with Crippen molar-refractivity contribution in [3.05, 3.63) is 5.89 Å². The van der Waals surface area contributed by atoms with Gasteiger partial charge in [-0.15, -0.1) is 5.10 Å². The highest BCUT2D eigenvalue weighted by molar-refractivity contribution is 5.73. The molecule has 1 aromatic heterocycles. The molecule has 1 aromatic rings. The van der Waals surface area contributed by atoms with Gasteiger partial charge in [0.25, 0.3) is 0 Å². The summed E-state index contributed by atoms with van der Waals surface area (Å²) in [6.07, 6.45) is 0. The molecule has 2 amide bonds. The maximum Gasteiger partial charge on any atom is 0.316 e. The maximum atomic E-state index is 11.2. The highest BCUT2D eigenvalue weighted by Crippen LogP contribution is 2.03. The van der Waals surface area contributed by atoms with Crippen molar-refractivity contribution in [2.24, 2.45) is 0 Å². The number of hydrogen-bond acceptors (Lipinski definition) is 6. The van der Waals surface area contributed by atoms with Crippen LogP contribution in [0.3, 0.4) is 0 Å². The van der Waals surface area contributed by atoms with E-state index < -0.39 is 0 Å². The van der Waals surface area contributed by atoms with Crippen LogP contribution < -0.4 is 16.0 Å². The second kappa shape index (κ2) is 6.69. The van der Waals surface area contributed by atoms with Gasteiger partial charge >= 0.3 is 12.0 Å². The number of nitrogens with one attached hydrogen (secondary N) is 3. The van der Waals surface area contributed by atoms with E-state index in [0.717, 1.165) is 0 Å². The molecule has 0 aliphatic heterocycles. The zero-order chi connectivity index (χ0) is 12.7. The SMILES string of the molecule is CNCc1nnc(NCCNC(=O)N(C)C)o1. The van der Waals surface area contributed by atoms with Crippen molar-refractivity contribution in [2.45, 2.75) is 6.54 Å². The smallest absolute Gasteiger partial charge is 0.316 e. The lowest BCUT2D eigenvalue weighted by atomic mass is 10.6. The lowest BCUT2D eigenvalue weighted by molar-refractivity contribution is 0.218. The number of amides is 2. The Morgan fingerprint density at radius 1 is 1.35 bits per heavy atom. The Morgan fingerprint density at radius 3 is 2.76 bits per heavy atom. The van der Waals surface area contributed by atoms with Crippen LogP contribution in [0.4, 0.5) is 10.8 Å². The van der Waals surface area contributed by atoms with Gasteiger partial charge in [-0.3, -0.25) is 0 Å². The summed E-state index contributed by atoms with van der Waals surface area (Å²) in [5.74, 6) is 0.521. The summed E-state index contributed by atoms with van der Waals surface area (Å²) in [7, 11) is 5.17. The third kappa shape index (κ3) is 4.68. The first-order valence-electron chi connectivity index (χ1n) is 5.29. The number of hydrogen-bond donors (Lipinski definition) is 3. The van der Waals surface area contributed by atoms with Crippen molar-refractivity contribution in [3.63, 3.8) is 0 Å². The van der Waals surface area contributed by atoms with Crippen LogP contribution in [0.2, 0.25) is 0 Å². The van der Waals surface area contributed by atoms with Gasteiger partial charge in [-0.2, -0.15) is 0 Å². The van der Waals surface area contributed by atoms with Gasteiger partial charge < -0.3 is 25.3 Å². The highest BCUT2D eigenvalue weighted by atomic mass is 16.4. The normalized spacial score (nSPS) is 10.1. The van der Waals surface area contributed by atoms with Gasteiger partial charge in [0.2, 0.25) is 5.89 Å². The molecule has 0 saturated carbocycles. The van der Waals surface area contributed by atoms with E-state index in [1.165, 1.54) is 4.90 Å². The molecule has 0 spiro atoms. The molecule has 0 saturated heterocycles. The van der Waals surface area contributed by atoms with Crippen LogP contribution in [0.1, 0.15) is 5.89 Å². The molecule has 0 radical (unpaired) electrons. The van der Waals surface area contributed by atoms with Gasteiger partial charge in [0.15, 0.2) is 0 Å². The Kier molecular flexibility index (Phi) is 5.21. The molecule has 0 unspecified atom stereocenters. The second-order valence-corrected chi connectivity index (χ2v) is 3.58. The zero-order valence-electron chi connectivity index (χ0n) is 10.3. The fourth-order valence-corrected chi connectivity index (χ4v) is 1.04. The van der Waals surface area contributed by atoms with Crippen molar-refractivity contribution in [2.75, 3.05) is 39.5 Å². The molecule has 1 heterocycles. The van der Waals surface area contributed by atoms with Gasteiger partial charge in [-0.05, 0) is 7.05 Å². The van der Waals surface area contributed by atoms with Gasteiger partial charge in [0.1, 0.15) is 0 Å². The Bertz CT molecular complexity index is 351. The van der Waals surface area contributed by atoms with Gasteiger partial charge in [-0.25, -0.2) is 4.79 Å². The van der Waals surface area contributed by atoms with Crippen LogP contribution in [0.5, 0.6) is 0 Å². The van der Waals surface area contributed by atoms with Crippen LogP contribution in [-0.4, -0.2) is 55.4 Å². The minimum Gasteiger partial charge on any atom is -0.407 e. The molecule has 8 heteroatoms. The summed E-state index contributed by atoms with van der Waals surface area (Å²) in [4.78, 5) is 12.6. The number of carbonyl (C=O) groups is 1. The Balaban J connectivity index is 2.19. The molecule has 0 aliphatic rings. The van der Waals surface area contributed by atoms with Gasteiger partial charge in [-0.1, -0.05) is 5.10 Å². The number of rotatable bonds is 6. The van der Waals surface area contributed by atoms with Crippen LogP contribution >= 0.6 is 0 Å². The second-order valence-electron chi connectivity index (χ2n) is 3.58. The molecule has 0 atom stereocenters. The first-order chi connectivity index (χ1) is 8.13. The summed E-state index contributed by atoms with van der Waals surface area (Å²) >= 11 is 0. The molecule has 1 rings (SSSR count). The van der Waals surface area contributed by atoms with E-state index in [9.17, 15) is 4.79 Å². The standard InChI is InChI=1S/C9H18N6O2/c1-10-6-7-13-14-8(17-7)11-4-5-12-9(16)15(2)3/h10H,4-6H2,1-3H3,(H,11,14)(H,12,16). The Hall–Kier alpha value is -1.83. The molecule has 0 aliphatic carbocycles. The number of urea groups is 1. The molecule has 0 fully saturated rings. The topological polar surface area (TPSA) is 95.3 Å². The molecule has 0 aromatic carbocycles. The monoisotopic (exact) mass is 242 g/mol. The fourth-order valence-electron chi connectivity index (χ4n) is 1.04. The van der Waals surface area contributed by atoms with E-state index >= 15 is 0 Å². The minimum atomic E-state index is -0.131. The van der Waals surface area contributed by atoms with E-state index in [1.807, 2.05) is 0 Å². The van der Waals surface area contributed by atoms with Crippen LogP contribution in [0.15, 0.2) is 4.42 Å². The summed E-state index contributed by atoms with van der Waals surface area (Å²) in [6.45, 7) is 1.55. The molecule has 3 N–H and O–H groups in total. The van der Waals surface area contributed by atoms with Gasteiger partial charge in [0.05, 0.1) is 6.54 Å². The fraction of sp³-hybridized carbons (Fsp3) is 0.667. The number of carbonyl (C=O) groups excluding carboxylic acids is 1. The van der Waals surface area contributed by atoms with E-state index in [2.05, 4.69) is 26.1 Å². The Labute approximate surface area is 99.8 Å². The molecule has 8 nitrogen and oxygen atoms in total. The maximum absolute atomic E-state index is 11.2. The van der Waals surface area contributed by atoms with Gasteiger partial charge in [0, 0.05) is 27.2 Å². The van der Waals surface area contributed by atoms with E-state index in [4.69, 9.17) is 4.42 Å². The van der Waals surface area contributed by atoms with Crippen molar-refractivity contribution >= 4 is 12.0 Å². The van der Waals surface area contributed by atoms with Crippen molar-refractivity contribution in [3.8, 4) is 0 Å². The highest BCUT2D eigenvalue weighted by Gasteiger charge is 2.04. The van der Waals surface area contributed by atoms with Crippen molar-refractivity contribution < 1.29 is 9.21 Å². The van der Waals surface area contributed by atoms with Crippen LogP contribution in [0.25, 0.3) is 0 Å². The summed E-state index contributed by atoms with van der Waals surface area (Å²) in [5.41, 5.74) is 0. The number of aromatic nitrogens is 2. The summed E-state index contributed by atoms with van der Waals surface area (Å²) < 4.78 is 5.26. The van der Waals surface area contributed by atoms with Crippen LogP contribution in [-0.2, 0) is 6.54 Å². The number of nitrogens with zero attached hydrogens (tertiary/aromatic N) is 3. The average molecular weight is 242 g/mol. The van der Waals surface area contributed by atoms with Crippen molar-refractivity contribution in [1.29, 1.82) is 0 Å².